The molecule has 0 aliphatic carbocycles. The van der Waals surface area contributed by atoms with Crippen LogP contribution in [0.25, 0.3) is 0 Å². The predicted molar refractivity (Wildman–Crippen MR) is 117 cm³/mol. The summed E-state index contributed by atoms with van der Waals surface area (Å²) in [5, 5.41) is 3.48. The summed E-state index contributed by atoms with van der Waals surface area (Å²) in [5.74, 6) is 1.17. The zero-order valence-electron chi connectivity index (χ0n) is 16.4. The van der Waals surface area contributed by atoms with Crippen LogP contribution in [-0.2, 0) is 11.2 Å². The fourth-order valence-corrected chi connectivity index (χ4v) is 2.92. The molecule has 0 saturated carbocycles. The van der Waals surface area contributed by atoms with Gasteiger partial charge in [-0.2, -0.15) is 0 Å². The van der Waals surface area contributed by atoms with Gasteiger partial charge in [0.1, 0.15) is 11.5 Å². The normalized spacial score (nSPS) is 10.4. The number of rotatable bonds is 9. The van der Waals surface area contributed by atoms with E-state index in [1.165, 1.54) is 5.56 Å². The van der Waals surface area contributed by atoms with E-state index in [1.807, 2.05) is 49.4 Å². The molecular formula is C24H24ClNO3. The summed E-state index contributed by atoms with van der Waals surface area (Å²) in [6.07, 6.45) is 1.94. The van der Waals surface area contributed by atoms with Gasteiger partial charge < -0.3 is 14.8 Å². The maximum Gasteiger partial charge on any atom is 0.262 e. The maximum atomic E-state index is 12.1. The zero-order valence-corrected chi connectivity index (χ0v) is 17.1. The fraction of sp³-hybridized carbons (Fsp3) is 0.208. The Kier molecular flexibility index (Phi) is 7.54. The van der Waals surface area contributed by atoms with Gasteiger partial charge in [0.15, 0.2) is 6.61 Å². The highest BCUT2D eigenvalue weighted by Gasteiger charge is 2.05. The number of halogens is 1. The first-order valence-electron chi connectivity index (χ1n) is 9.56. The van der Waals surface area contributed by atoms with Gasteiger partial charge >= 0.3 is 0 Å². The van der Waals surface area contributed by atoms with Crippen molar-refractivity contribution in [1.82, 2.24) is 0 Å². The van der Waals surface area contributed by atoms with Crippen molar-refractivity contribution in [2.75, 3.05) is 18.5 Å². The molecule has 0 unspecified atom stereocenters. The molecule has 150 valence electrons. The Morgan fingerprint density at radius 3 is 2.38 bits per heavy atom. The van der Waals surface area contributed by atoms with Gasteiger partial charge in [-0.05, 0) is 73.4 Å². The van der Waals surface area contributed by atoms with Gasteiger partial charge in [-0.3, -0.25) is 4.79 Å². The van der Waals surface area contributed by atoms with Gasteiger partial charge in [-0.15, -0.1) is 0 Å². The van der Waals surface area contributed by atoms with E-state index in [1.54, 1.807) is 18.2 Å². The lowest BCUT2D eigenvalue weighted by atomic mass is 10.1. The fourth-order valence-electron chi connectivity index (χ4n) is 2.80. The van der Waals surface area contributed by atoms with Crippen molar-refractivity contribution in [1.29, 1.82) is 0 Å². The average molecular weight is 410 g/mol. The largest absolute Gasteiger partial charge is 0.494 e. The van der Waals surface area contributed by atoms with Crippen molar-refractivity contribution < 1.29 is 14.3 Å². The number of hydrogen-bond acceptors (Lipinski definition) is 3. The molecule has 3 aromatic carbocycles. The minimum atomic E-state index is -0.228. The Balaban J connectivity index is 1.39. The van der Waals surface area contributed by atoms with Crippen LogP contribution in [0.4, 0.5) is 5.69 Å². The summed E-state index contributed by atoms with van der Waals surface area (Å²) in [6, 6.07) is 23.0. The Bertz CT molecular complexity index is 927. The van der Waals surface area contributed by atoms with Crippen LogP contribution in [0.5, 0.6) is 11.5 Å². The quantitative estimate of drug-likeness (QED) is 0.462. The summed E-state index contributed by atoms with van der Waals surface area (Å²) in [5.41, 5.74) is 2.91. The van der Waals surface area contributed by atoms with Gasteiger partial charge in [-0.25, -0.2) is 0 Å². The molecule has 3 rings (SSSR count). The molecule has 0 atom stereocenters. The Morgan fingerprint density at radius 2 is 1.66 bits per heavy atom. The van der Waals surface area contributed by atoms with E-state index in [-0.39, 0.29) is 12.5 Å². The van der Waals surface area contributed by atoms with E-state index in [0.29, 0.717) is 23.1 Å². The van der Waals surface area contributed by atoms with Crippen molar-refractivity contribution in [3.05, 3.63) is 88.9 Å². The molecule has 0 aliphatic heterocycles. The van der Waals surface area contributed by atoms with Crippen LogP contribution in [0.2, 0.25) is 5.02 Å². The van der Waals surface area contributed by atoms with Crippen molar-refractivity contribution in [3.8, 4) is 11.5 Å². The number of aryl methyl sites for hydroxylation is 2. The van der Waals surface area contributed by atoms with E-state index >= 15 is 0 Å². The van der Waals surface area contributed by atoms with Crippen LogP contribution in [0, 0.1) is 6.92 Å². The minimum Gasteiger partial charge on any atom is -0.494 e. The molecule has 5 heteroatoms. The number of nitrogens with one attached hydrogen (secondary N) is 1. The summed E-state index contributed by atoms with van der Waals surface area (Å²) in [7, 11) is 0. The number of amides is 1. The van der Waals surface area contributed by atoms with Crippen LogP contribution in [0.1, 0.15) is 17.5 Å². The monoisotopic (exact) mass is 409 g/mol. The van der Waals surface area contributed by atoms with Gasteiger partial charge in [0, 0.05) is 10.7 Å². The molecule has 29 heavy (non-hydrogen) atoms. The topological polar surface area (TPSA) is 47.6 Å². The smallest absolute Gasteiger partial charge is 0.262 e. The molecule has 0 aliphatic rings. The number of carbonyl (C=O) groups excluding carboxylic acids is 1. The highest BCUT2D eigenvalue weighted by Crippen LogP contribution is 2.21. The molecule has 3 aromatic rings. The molecule has 1 amide bonds. The number of ether oxygens (including phenoxy) is 2. The van der Waals surface area contributed by atoms with Crippen molar-refractivity contribution in [3.63, 3.8) is 0 Å². The number of hydrogen-bond donors (Lipinski definition) is 1. The SMILES string of the molecule is Cc1cc(OCC(=O)Nc2ccc(OCCCc3ccccc3)cc2)ccc1Cl. The van der Waals surface area contributed by atoms with E-state index in [9.17, 15) is 4.79 Å². The van der Waals surface area contributed by atoms with Gasteiger partial charge in [0.05, 0.1) is 6.61 Å². The number of anilines is 1. The molecule has 0 radical (unpaired) electrons. The van der Waals surface area contributed by atoms with Gasteiger partial charge in [-0.1, -0.05) is 41.9 Å². The first-order chi connectivity index (χ1) is 14.1. The molecule has 0 heterocycles. The molecule has 0 saturated heterocycles. The van der Waals surface area contributed by atoms with Crippen LogP contribution in [-0.4, -0.2) is 19.1 Å². The van der Waals surface area contributed by atoms with E-state index < -0.39 is 0 Å². The first kappa shape index (κ1) is 20.7. The van der Waals surface area contributed by atoms with Crippen LogP contribution >= 0.6 is 11.6 Å². The lowest BCUT2D eigenvalue weighted by molar-refractivity contribution is -0.118. The second-order valence-corrected chi connectivity index (χ2v) is 7.12. The maximum absolute atomic E-state index is 12.1. The summed E-state index contributed by atoms with van der Waals surface area (Å²) in [6.45, 7) is 2.47. The Labute approximate surface area is 176 Å². The van der Waals surface area contributed by atoms with Gasteiger partial charge in [0.2, 0.25) is 0 Å². The predicted octanol–water partition coefficient (Wildman–Crippen LogP) is 5.68. The third-order valence-electron chi connectivity index (χ3n) is 4.36. The van der Waals surface area contributed by atoms with Crippen molar-refractivity contribution in [2.24, 2.45) is 0 Å². The molecule has 0 fully saturated rings. The molecule has 0 bridgehead atoms. The first-order valence-corrected chi connectivity index (χ1v) is 9.93. The molecule has 0 spiro atoms. The molecule has 1 N–H and O–H groups in total. The lowest BCUT2D eigenvalue weighted by Crippen LogP contribution is -2.20. The average Bonchev–Trinajstić information content (AvgIpc) is 2.74. The highest BCUT2D eigenvalue weighted by atomic mass is 35.5. The third-order valence-corrected chi connectivity index (χ3v) is 4.78. The second kappa shape index (κ2) is 10.5. The van der Waals surface area contributed by atoms with Crippen molar-refractivity contribution in [2.45, 2.75) is 19.8 Å². The summed E-state index contributed by atoms with van der Waals surface area (Å²) < 4.78 is 11.3. The van der Waals surface area contributed by atoms with E-state index in [2.05, 4.69) is 17.4 Å². The molecule has 4 nitrogen and oxygen atoms in total. The summed E-state index contributed by atoms with van der Waals surface area (Å²) in [4.78, 5) is 12.1. The Hall–Kier alpha value is -2.98. The highest BCUT2D eigenvalue weighted by molar-refractivity contribution is 6.31. The van der Waals surface area contributed by atoms with Crippen LogP contribution < -0.4 is 14.8 Å². The second-order valence-electron chi connectivity index (χ2n) is 6.71. The molecule has 0 aromatic heterocycles. The Morgan fingerprint density at radius 1 is 0.931 bits per heavy atom. The van der Waals surface area contributed by atoms with Crippen LogP contribution in [0.15, 0.2) is 72.8 Å². The lowest BCUT2D eigenvalue weighted by Gasteiger charge is -2.10. The number of carbonyl (C=O) groups is 1. The van der Waals surface area contributed by atoms with Gasteiger partial charge in [0.25, 0.3) is 5.91 Å². The van der Waals surface area contributed by atoms with Crippen molar-refractivity contribution >= 4 is 23.2 Å². The summed E-state index contributed by atoms with van der Waals surface area (Å²) >= 11 is 5.99. The number of benzene rings is 3. The third kappa shape index (κ3) is 6.84. The zero-order chi connectivity index (χ0) is 20.5. The van der Waals surface area contributed by atoms with E-state index in [4.69, 9.17) is 21.1 Å². The minimum absolute atomic E-state index is 0.0706. The standard InChI is InChI=1S/C24H24ClNO3/c1-18-16-22(13-14-23(18)25)29-17-24(27)26-20-9-11-21(12-10-20)28-15-5-8-19-6-3-2-4-7-19/h2-4,6-7,9-14,16H,5,8,15,17H2,1H3,(H,26,27). The van der Waals surface area contributed by atoms with E-state index in [0.717, 1.165) is 24.2 Å². The van der Waals surface area contributed by atoms with Crippen LogP contribution in [0.3, 0.4) is 0 Å². The molecular weight excluding hydrogens is 386 g/mol.